The van der Waals surface area contributed by atoms with E-state index in [-0.39, 0.29) is 29.4 Å². The highest BCUT2D eigenvalue weighted by molar-refractivity contribution is 14.0. The zero-order chi connectivity index (χ0) is 19.3. The number of piperidine rings is 1. The van der Waals surface area contributed by atoms with Crippen molar-refractivity contribution >= 4 is 41.3 Å². The predicted molar refractivity (Wildman–Crippen MR) is 128 cm³/mol. The van der Waals surface area contributed by atoms with E-state index in [1.165, 1.54) is 25.8 Å². The molecule has 2 aliphatic rings. The van der Waals surface area contributed by atoms with Gasteiger partial charge in [0.25, 0.3) is 0 Å². The minimum atomic E-state index is 0. The van der Waals surface area contributed by atoms with Crippen molar-refractivity contribution in [3.63, 3.8) is 0 Å². The molecule has 0 aliphatic carbocycles. The van der Waals surface area contributed by atoms with Gasteiger partial charge in [-0.2, -0.15) is 0 Å². The van der Waals surface area contributed by atoms with E-state index in [0.29, 0.717) is 6.04 Å². The molecule has 2 saturated heterocycles. The summed E-state index contributed by atoms with van der Waals surface area (Å²) in [5, 5.41) is 10.3. The molecular weight excluding hydrogens is 485 g/mol. The van der Waals surface area contributed by atoms with Gasteiger partial charge in [-0.3, -0.25) is 4.99 Å². The largest absolute Gasteiger partial charge is 0.381 e. The number of guanidine groups is 1. The number of nitrogens with one attached hydrogen (secondary N) is 2. The van der Waals surface area contributed by atoms with Crippen LogP contribution in [0.1, 0.15) is 50.7 Å². The van der Waals surface area contributed by atoms with Gasteiger partial charge in [0.1, 0.15) is 5.01 Å². The Morgan fingerprint density at radius 1 is 1.32 bits per heavy atom. The Kier molecular flexibility index (Phi) is 9.43. The van der Waals surface area contributed by atoms with Gasteiger partial charge in [0, 0.05) is 50.1 Å². The average molecular weight is 522 g/mol. The highest BCUT2D eigenvalue weighted by Gasteiger charge is 2.24. The molecule has 0 bridgehead atoms. The monoisotopic (exact) mass is 521 g/mol. The van der Waals surface area contributed by atoms with Crippen molar-refractivity contribution in [1.29, 1.82) is 0 Å². The van der Waals surface area contributed by atoms with Crippen molar-refractivity contribution < 1.29 is 4.74 Å². The average Bonchev–Trinajstić information content (AvgIpc) is 3.31. The molecule has 0 aromatic carbocycles. The summed E-state index contributed by atoms with van der Waals surface area (Å²) < 4.78 is 5.50. The molecule has 2 aliphatic heterocycles. The minimum Gasteiger partial charge on any atom is -0.381 e. The predicted octanol–water partition coefficient (Wildman–Crippen LogP) is 3.22. The molecule has 0 spiro atoms. The summed E-state index contributed by atoms with van der Waals surface area (Å²) in [7, 11) is 1.84. The first kappa shape index (κ1) is 23.8. The number of ether oxygens (including phenoxy) is 1. The van der Waals surface area contributed by atoms with Crippen molar-refractivity contribution in [3.8, 4) is 0 Å². The van der Waals surface area contributed by atoms with Crippen LogP contribution in [0.25, 0.3) is 0 Å². The van der Waals surface area contributed by atoms with Crippen molar-refractivity contribution in [2.75, 3.05) is 39.9 Å². The molecule has 0 radical (unpaired) electrons. The van der Waals surface area contributed by atoms with Crippen LogP contribution in [0.5, 0.6) is 0 Å². The van der Waals surface area contributed by atoms with Crippen LogP contribution in [0.3, 0.4) is 0 Å². The first-order chi connectivity index (χ1) is 12.9. The molecule has 8 heteroatoms. The highest BCUT2D eigenvalue weighted by Crippen LogP contribution is 2.23. The van der Waals surface area contributed by atoms with Crippen molar-refractivity contribution in [2.24, 2.45) is 10.9 Å². The van der Waals surface area contributed by atoms with Gasteiger partial charge in [0.05, 0.1) is 18.8 Å². The first-order valence-electron chi connectivity index (χ1n) is 10.2. The van der Waals surface area contributed by atoms with Gasteiger partial charge < -0.3 is 20.3 Å². The SMILES string of the molecule is CN=C(NCc1nc(C(C)(C)C)cs1)NC1CCN(CC2CCOC2)CC1.I. The van der Waals surface area contributed by atoms with Crippen LogP contribution in [-0.2, 0) is 16.7 Å². The van der Waals surface area contributed by atoms with Crippen LogP contribution in [0.2, 0.25) is 0 Å². The maximum Gasteiger partial charge on any atom is 0.191 e. The number of aromatic nitrogens is 1. The summed E-state index contributed by atoms with van der Waals surface area (Å²) in [4.78, 5) is 11.7. The lowest BCUT2D eigenvalue weighted by molar-refractivity contribution is 0.150. The summed E-state index contributed by atoms with van der Waals surface area (Å²) in [6.45, 7) is 12.7. The molecule has 6 nitrogen and oxygen atoms in total. The third-order valence-electron chi connectivity index (χ3n) is 5.42. The smallest absolute Gasteiger partial charge is 0.191 e. The standard InChI is InChI=1S/C20H35N5OS.HI/c1-20(2,3)17-14-27-18(24-17)11-22-19(21-4)23-16-5-8-25(9-6-16)12-15-7-10-26-13-15;/h14-16H,5-13H2,1-4H3,(H2,21,22,23);1H. The maximum atomic E-state index is 5.50. The fourth-order valence-corrected chi connectivity index (χ4v) is 4.60. The van der Waals surface area contributed by atoms with Gasteiger partial charge in [-0.05, 0) is 25.2 Å². The third kappa shape index (κ3) is 7.11. The number of rotatable bonds is 5. The Bertz CT molecular complexity index is 616. The number of likely N-dealkylation sites (tertiary alicyclic amines) is 1. The van der Waals surface area contributed by atoms with E-state index in [1.54, 1.807) is 11.3 Å². The van der Waals surface area contributed by atoms with Gasteiger partial charge in [0.2, 0.25) is 0 Å². The van der Waals surface area contributed by atoms with E-state index in [4.69, 9.17) is 9.72 Å². The van der Waals surface area contributed by atoms with E-state index in [1.807, 2.05) is 7.05 Å². The fraction of sp³-hybridized carbons (Fsp3) is 0.800. The Balaban J connectivity index is 0.00000280. The zero-order valence-electron chi connectivity index (χ0n) is 17.7. The lowest BCUT2D eigenvalue weighted by Gasteiger charge is -2.34. The first-order valence-corrected chi connectivity index (χ1v) is 11.0. The summed E-state index contributed by atoms with van der Waals surface area (Å²) >= 11 is 1.72. The minimum absolute atomic E-state index is 0. The van der Waals surface area contributed by atoms with E-state index in [2.05, 4.69) is 46.7 Å². The Labute approximate surface area is 190 Å². The van der Waals surface area contributed by atoms with Gasteiger partial charge in [-0.25, -0.2) is 4.98 Å². The highest BCUT2D eigenvalue weighted by atomic mass is 127. The van der Waals surface area contributed by atoms with E-state index in [9.17, 15) is 0 Å². The summed E-state index contributed by atoms with van der Waals surface area (Å²) in [6.07, 6.45) is 3.56. The fourth-order valence-electron chi connectivity index (χ4n) is 3.64. The summed E-state index contributed by atoms with van der Waals surface area (Å²) in [5.41, 5.74) is 1.26. The van der Waals surface area contributed by atoms with Gasteiger partial charge in [-0.1, -0.05) is 20.8 Å². The number of thiazole rings is 1. The van der Waals surface area contributed by atoms with Crippen molar-refractivity contribution in [1.82, 2.24) is 20.5 Å². The second kappa shape index (κ2) is 11.1. The van der Waals surface area contributed by atoms with Gasteiger partial charge >= 0.3 is 0 Å². The number of nitrogens with zero attached hydrogens (tertiary/aromatic N) is 3. The molecule has 3 heterocycles. The number of hydrogen-bond donors (Lipinski definition) is 2. The topological polar surface area (TPSA) is 61.8 Å². The van der Waals surface area contributed by atoms with Crippen molar-refractivity contribution in [2.45, 2.75) is 58.0 Å². The molecule has 28 heavy (non-hydrogen) atoms. The Morgan fingerprint density at radius 2 is 2.07 bits per heavy atom. The number of aliphatic imine (C=N–C) groups is 1. The normalized spacial score (nSPS) is 22.1. The summed E-state index contributed by atoms with van der Waals surface area (Å²) in [6, 6.07) is 0.494. The number of hydrogen-bond acceptors (Lipinski definition) is 5. The van der Waals surface area contributed by atoms with Crippen LogP contribution in [0, 0.1) is 5.92 Å². The molecule has 2 fully saturated rings. The van der Waals surface area contributed by atoms with Gasteiger partial charge in [-0.15, -0.1) is 35.3 Å². The van der Waals surface area contributed by atoms with Crippen molar-refractivity contribution in [3.05, 3.63) is 16.1 Å². The molecule has 2 N–H and O–H groups in total. The van der Waals surface area contributed by atoms with Crippen LogP contribution in [-0.4, -0.2) is 61.8 Å². The summed E-state index contributed by atoms with van der Waals surface area (Å²) in [5.74, 6) is 1.62. The van der Waals surface area contributed by atoms with E-state index < -0.39 is 0 Å². The Hall–Kier alpha value is -0.450. The quantitative estimate of drug-likeness (QED) is 0.354. The molecule has 3 rings (SSSR count). The maximum absolute atomic E-state index is 5.50. The van der Waals surface area contributed by atoms with Crippen LogP contribution in [0.4, 0.5) is 0 Å². The van der Waals surface area contributed by atoms with E-state index in [0.717, 1.165) is 55.4 Å². The Morgan fingerprint density at radius 3 is 2.64 bits per heavy atom. The number of halogens is 1. The lowest BCUT2D eigenvalue weighted by Crippen LogP contribution is -2.49. The second-order valence-corrected chi connectivity index (χ2v) is 9.69. The third-order valence-corrected chi connectivity index (χ3v) is 6.27. The van der Waals surface area contributed by atoms with Crippen LogP contribution < -0.4 is 10.6 Å². The van der Waals surface area contributed by atoms with Crippen LogP contribution in [0.15, 0.2) is 10.4 Å². The zero-order valence-corrected chi connectivity index (χ0v) is 20.8. The van der Waals surface area contributed by atoms with Crippen LogP contribution >= 0.6 is 35.3 Å². The second-order valence-electron chi connectivity index (χ2n) is 8.75. The lowest BCUT2D eigenvalue weighted by atomic mass is 9.93. The molecule has 0 saturated carbocycles. The molecule has 0 amide bonds. The molecule has 160 valence electrons. The van der Waals surface area contributed by atoms with E-state index >= 15 is 0 Å². The molecule has 1 atom stereocenters. The van der Waals surface area contributed by atoms with Gasteiger partial charge in [0.15, 0.2) is 5.96 Å². The molecule has 1 aromatic heterocycles. The molecule has 1 unspecified atom stereocenters. The molecular formula is C20H36IN5OS. The molecule has 1 aromatic rings.